The van der Waals surface area contributed by atoms with E-state index in [4.69, 9.17) is 15.0 Å². The van der Waals surface area contributed by atoms with Crippen molar-refractivity contribution in [3.05, 3.63) is 176 Å². The van der Waals surface area contributed by atoms with Crippen molar-refractivity contribution in [2.75, 3.05) is 0 Å². The Morgan fingerprint density at radius 1 is 0.392 bits per heavy atom. The Morgan fingerprint density at radius 3 is 1.84 bits per heavy atom. The van der Waals surface area contributed by atoms with Gasteiger partial charge in [0.15, 0.2) is 5.82 Å². The molecule has 0 saturated carbocycles. The zero-order chi connectivity index (χ0) is 33.9. The average molecular weight is 650 g/mol. The third-order valence-corrected chi connectivity index (χ3v) is 10.2. The van der Waals surface area contributed by atoms with Crippen LogP contribution in [0.25, 0.3) is 99.0 Å². The van der Waals surface area contributed by atoms with E-state index in [1.54, 1.807) is 0 Å². The first-order valence-corrected chi connectivity index (χ1v) is 17.4. The van der Waals surface area contributed by atoms with Crippen molar-refractivity contribution in [3.63, 3.8) is 0 Å². The summed E-state index contributed by atoms with van der Waals surface area (Å²) in [5.41, 5.74) is 9.41. The number of nitrogens with zero attached hydrogens (tertiary/aromatic N) is 3. The fourth-order valence-corrected chi connectivity index (χ4v) is 7.80. The maximum Gasteiger partial charge on any atom is 0.161 e. The van der Waals surface area contributed by atoms with Gasteiger partial charge in [-0.1, -0.05) is 140 Å². The maximum atomic E-state index is 5.42. The van der Waals surface area contributed by atoms with Gasteiger partial charge in [-0.05, 0) is 85.4 Å². The van der Waals surface area contributed by atoms with E-state index in [-0.39, 0.29) is 0 Å². The van der Waals surface area contributed by atoms with Gasteiger partial charge in [0.2, 0.25) is 0 Å². The lowest BCUT2D eigenvalue weighted by atomic mass is 9.92. The Kier molecular flexibility index (Phi) is 6.71. The van der Waals surface area contributed by atoms with E-state index in [9.17, 15) is 0 Å². The number of para-hydroxylation sites is 1. The molecule has 3 nitrogen and oxygen atoms in total. The Morgan fingerprint density at radius 2 is 1.00 bits per heavy atom. The zero-order valence-electron chi connectivity index (χ0n) is 28.0. The molecule has 238 valence electrons. The highest BCUT2D eigenvalue weighted by atomic mass is 14.9. The van der Waals surface area contributed by atoms with Gasteiger partial charge >= 0.3 is 0 Å². The number of rotatable bonds is 4. The lowest BCUT2D eigenvalue weighted by Crippen LogP contribution is -1.98. The van der Waals surface area contributed by atoms with Gasteiger partial charge in [-0.3, -0.25) is 4.98 Å². The van der Waals surface area contributed by atoms with Crippen molar-refractivity contribution in [1.29, 1.82) is 0 Å². The second-order valence-electron chi connectivity index (χ2n) is 13.3. The molecule has 3 heteroatoms. The predicted molar refractivity (Wildman–Crippen MR) is 214 cm³/mol. The van der Waals surface area contributed by atoms with Crippen LogP contribution < -0.4 is 0 Å². The molecule has 0 bridgehead atoms. The molecule has 0 saturated heterocycles. The van der Waals surface area contributed by atoms with Gasteiger partial charge in [-0.2, -0.15) is 0 Å². The minimum Gasteiger partial charge on any atom is -0.256 e. The van der Waals surface area contributed by atoms with Crippen molar-refractivity contribution < 1.29 is 0 Å². The minimum atomic E-state index is 0.709. The summed E-state index contributed by atoms with van der Waals surface area (Å²) in [5.74, 6) is 0.709. The van der Waals surface area contributed by atoms with Gasteiger partial charge in [-0.15, -0.1) is 0 Å². The number of benzene rings is 8. The van der Waals surface area contributed by atoms with E-state index in [0.717, 1.165) is 55.5 Å². The molecule has 0 aliphatic rings. The third kappa shape index (κ3) is 4.86. The van der Waals surface area contributed by atoms with Gasteiger partial charge in [-0.25, -0.2) is 9.97 Å². The van der Waals surface area contributed by atoms with Gasteiger partial charge in [0.25, 0.3) is 0 Å². The normalized spacial score (nSPS) is 11.6. The Hall–Kier alpha value is -6.71. The Labute approximate surface area is 295 Å². The van der Waals surface area contributed by atoms with Crippen LogP contribution in [-0.2, 0) is 0 Å². The summed E-state index contributed by atoms with van der Waals surface area (Å²) in [5, 5.41) is 10.7. The van der Waals surface area contributed by atoms with Crippen LogP contribution >= 0.6 is 0 Å². The van der Waals surface area contributed by atoms with Gasteiger partial charge in [0, 0.05) is 33.8 Å². The number of pyridine rings is 1. The number of hydrogen-bond acceptors (Lipinski definition) is 3. The summed E-state index contributed by atoms with van der Waals surface area (Å²) in [6.07, 6.45) is 1.86. The van der Waals surface area contributed by atoms with E-state index in [1.165, 1.54) is 43.3 Å². The van der Waals surface area contributed by atoms with Crippen LogP contribution in [0.1, 0.15) is 5.56 Å². The van der Waals surface area contributed by atoms with E-state index < -0.39 is 0 Å². The summed E-state index contributed by atoms with van der Waals surface area (Å²) in [4.78, 5) is 15.5. The standard InChI is InChI=1S/C48H31N3/c1-30-11-8-21-41-42(27-35-13-3-5-17-37(35)46(30)41)45-29-44(32-24-22-31(23-25-32)38-20-9-14-33-15-10-26-49-47(33)38)50-48(51-45)43-28-34-12-2-4-16-36(34)39-18-6-7-19-40(39)43/h2-29H,1H3. The number of hydrogen-bond donors (Lipinski definition) is 0. The highest BCUT2D eigenvalue weighted by molar-refractivity contribution is 6.16. The van der Waals surface area contributed by atoms with Crippen molar-refractivity contribution >= 4 is 54.0 Å². The first kappa shape index (κ1) is 29.2. The van der Waals surface area contributed by atoms with Gasteiger partial charge in [0.05, 0.1) is 16.9 Å². The Balaban J connectivity index is 1.23. The quantitative estimate of drug-likeness (QED) is 0.178. The number of aryl methyl sites for hydroxylation is 1. The Bertz CT molecular complexity index is 2970. The summed E-state index contributed by atoms with van der Waals surface area (Å²) in [6, 6.07) is 58.3. The van der Waals surface area contributed by atoms with Gasteiger partial charge in [0.1, 0.15) is 0 Å². The molecule has 10 rings (SSSR count). The van der Waals surface area contributed by atoms with Crippen LogP contribution in [0.15, 0.2) is 170 Å². The molecular formula is C48H31N3. The SMILES string of the molecule is Cc1cccc2c(-c3cc(-c4ccc(-c5cccc6cccnc56)cc4)nc(-c4cc5ccccc5c5ccccc45)n3)cc3ccccc3c12. The van der Waals surface area contributed by atoms with Crippen LogP contribution in [0.2, 0.25) is 0 Å². The second-order valence-corrected chi connectivity index (χ2v) is 13.3. The predicted octanol–water partition coefficient (Wildman–Crippen LogP) is 12.6. The molecule has 51 heavy (non-hydrogen) atoms. The van der Waals surface area contributed by atoms with Crippen LogP contribution in [-0.4, -0.2) is 15.0 Å². The van der Waals surface area contributed by atoms with Crippen LogP contribution in [0.5, 0.6) is 0 Å². The van der Waals surface area contributed by atoms with Crippen LogP contribution in [0.3, 0.4) is 0 Å². The summed E-state index contributed by atoms with van der Waals surface area (Å²) < 4.78 is 0. The number of aromatic nitrogens is 3. The molecule has 0 aliphatic heterocycles. The highest BCUT2D eigenvalue weighted by Gasteiger charge is 2.18. The molecule has 2 aromatic heterocycles. The molecule has 2 heterocycles. The molecule has 10 aromatic rings. The lowest BCUT2D eigenvalue weighted by Gasteiger charge is -2.16. The largest absolute Gasteiger partial charge is 0.256 e. The van der Waals surface area contributed by atoms with E-state index in [2.05, 4.69) is 165 Å². The number of fused-ring (bicyclic) bond motifs is 7. The van der Waals surface area contributed by atoms with E-state index in [0.29, 0.717) is 5.82 Å². The van der Waals surface area contributed by atoms with Crippen molar-refractivity contribution in [1.82, 2.24) is 15.0 Å². The highest BCUT2D eigenvalue weighted by Crippen LogP contribution is 2.40. The molecule has 0 aliphatic carbocycles. The molecule has 0 fully saturated rings. The summed E-state index contributed by atoms with van der Waals surface area (Å²) in [6.45, 7) is 2.20. The molecule has 0 spiro atoms. The fraction of sp³-hybridized carbons (Fsp3) is 0.0208. The molecule has 0 unspecified atom stereocenters. The van der Waals surface area contributed by atoms with Crippen LogP contribution in [0, 0.1) is 6.92 Å². The minimum absolute atomic E-state index is 0.709. The molecule has 0 radical (unpaired) electrons. The molecule has 0 N–H and O–H groups in total. The van der Waals surface area contributed by atoms with Crippen molar-refractivity contribution in [2.45, 2.75) is 6.92 Å². The van der Waals surface area contributed by atoms with Crippen molar-refractivity contribution in [2.24, 2.45) is 0 Å². The second kappa shape index (κ2) is 11.7. The summed E-state index contributed by atoms with van der Waals surface area (Å²) >= 11 is 0. The zero-order valence-corrected chi connectivity index (χ0v) is 28.0. The topological polar surface area (TPSA) is 38.7 Å². The molecule has 0 atom stereocenters. The third-order valence-electron chi connectivity index (χ3n) is 10.2. The lowest BCUT2D eigenvalue weighted by molar-refractivity contribution is 1.19. The molecule has 0 amide bonds. The average Bonchev–Trinajstić information content (AvgIpc) is 3.20. The van der Waals surface area contributed by atoms with Crippen molar-refractivity contribution in [3.8, 4) is 45.0 Å². The molecular weight excluding hydrogens is 619 g/mol. The maximum absolute atomic E-state index is 5.42. The first-order chi connectivity index (χ1) is 25.2. The monoisotopic (exact) mass is 649 g/mol. The first-order valence-electron chi connectivity index (χ1n) is 17.4. The fourth-order valence-electron chi connectivity index (χ4n) is 7.80. The molecule has 8 aromatic carbocycles. The van der Waals surface area contributed by atoms with Gasteiger partial charge < -0.3 is 0 Å². The van der Waals surface area contributed by atoms with E-state index in [1.807, 2.05) is 12.3 Å². The smallest absolute Gasteiger partial charge is 0.161 e. The van der Waals surface area contributed by atoms with Crippen LogP contribution in [0.4, 0.5) is 0 Å². The summed E-state index contributed by atoms with van der Waals surface area (Å²) in [7, 11) is 0. The van der Waals surface area contributed by atoms with E-state index >= 15 is 0 Å².